The molecule has 0 atom stereocenters. The third-order valence-electron chi connectivity index (χ3n) is 1.93. The van der Waals surface area contributed by atoms with Crippen molar-refractivity contribution in [1.29, 1.82) is 0 Å². The summed E-state index contributed by atoms with van der Waals surface area (Å²) in [5.74, 6) is 0.210. The van der Waals surface area contributed by atoms with Gasteiger partial charge in [0.2, 0.25) is 0 Å². The van der Waals surface area contributed by atoms with Gasteiger partial charge in [-0.05, 0) is 6.42 Å². The number of carbonyl (C=O) groups is 1. The summed E-state index contributed by atoms with van der Waals surface area (Å²) < 4.78 is 9.73. The zero-order valence-corrected chi connectivity index (χ0v) is 10.4. The molecule has 0 amide bonds. The maximum atomic E-state index is 11.3. The summed E-state index contributed by atoms with van der Waals surface area (Å²) in [6, 6.07) is 3.41. The van der Waals surface area contributed by atoms with Crippen LogP contribution in [0.4, 0.5) is 0 Å². The topological polar surface area (TPSA) is 48.4 Å². The first-order chi connectivity index (χ1) is 7.21. The highest BCUT2D eigenvalue weighted by Gasteiger charge is 2.09. The van der Waals surface area contributed by atoms with Crippen molar-refractivity contribution in [2.24, 2.45) is 0 Å². The molecule has 0 aliphatic rings. The van der Waals surface area contributed by atoms with E-state index in [2.05, 4.69) is 15.7 Å². The van der Waals surface area contributed by atoms with E-state index in [4.69, 9.17) is 4.74 Å². The van der Waals surface area contributed by atoms with E-state index in [0.717, 1.165) is 35.2 Å². The molecule has 0 spiro atoms. The summed E-state index contributed by atoms with van der Waals surface area (Å²) in [6.07, 6.45) is 1.80. The summed E-state index contributed by atoms with van der Waals surface area (Å²) in [7, 11) is 1.56. The maximum absolute atomic E-state index is 11.3. The van der Waals surface area contributed by atoms with Crippen molar-refractivity contribution in [2.75, 3.05) is 7.11 Å². The van der Waals surface area contributed by atoms with Gasteiger partial charge in [-0.1, -0.05) is 13.3 Å². The number of rotatable bonds is 4. The molecule has 1 radical (unpaired) electrons. The van der Waals surface area contributed by atoms with Gasteiger partial charge in [-0.3, -0.25) is 0 Å². The monoisotopic (exact) mass is 222 g/mol. The minimum Gasteiger partial charge on any atom is -0.620 e. The Morgan fingerprint density at radius 2 is 2.27 bits per heavy atom. The Hall–Kier alpha value is -1.05. The van der Waals surface area contributed by atoms with Crippen molar-refractivity contribution in [3.05, 3.63) is 23.5 Å². The van der Waals surface area contributed by atoms with Crippen LogP contribution in [0.2, 0.25) is 0 Å². The van der Waals surface area contributed by atoms with Gasteiger partial charge in [0.25, 0.3) is 0 Å². The lowest BCUT2D eigenvalue weighted by Gasteiger charge is -2.07. The molecule has 1 rings (SSSR count). The molecule has 1 aromatic heterocycles. The van der Waals surface area contributed by atoms with Gasteiger partial charge in [0.15, 0.2) is 0 Å². The number of aryl methyl sites for hydroxylation is 1. The number of hydrogen-bond acceptors (Lipinski definition) is 4. The van der Waals surface area contributed by atoms with Crippen molar-refractivity contribution in [1.82, 2.24) is 4.98 Å². The maximum Gasteiger partial charge on any atom is 0.497 e. The molecule has 0 unspecified atom stereocenters. The smallest absolute Gasteiger partial charge is 0.497 e. The first-order valence-corrected chi connectivity index (χ1v) is 5.30. The summed E-state index contributed by atoms with van der Waals surface area (Å²) in [5.41, 5.74) is 1.15. The molecule has 5 heteroatoms. The predicted octanol–water partition coefficient (Wildman–Crippen LogP) is 1.02. The second kappa shape index (κ2) is 5.74. The first-order valence-electron chi connectivity index (χ1n) is 4.72. The summed E-state index contributed by atoms with van der Waals surface area (Å²) >= 11 is 1.14. The van der Waals surface area contributed by atoms with E-state index in [1.54, 1.807) is 13.2 Å². The second-order valence-corrected chi connectivity index (χ2v) is 3.35. The lowest BCUT2D eigenvalue weighted by molar-refractivity contribution is 0.0742. The molecule has 0 bridgehead atoms. The standard InChI is InChI=1S/C10H13NO3.Al.H/c1-3-4-7-5-8(14-2)6-9(11-7)10(12)13;;/h5-6H,3-4H2,1-2H3,(H,12,13);;/q;+1;/p-1. The van der Waals surface area contributed by atoms with Crippen LogP contribution in [0.15, 0.2) is 12.1 Å². The number of methoxy groups -OCH3 is 1. The van der Waals surface area contributed by atoms with E-state index < -0.39 is 5.97 Å². The number of pyridine rings is 1. The summed E-state index contributed by atoms with van der Waals surface area (Å²) in [5, 5.41) is 0. The highest BCUT2D eigenvalue weighted by molar-refractivity contribution is 6.08. The van der Waals surface area contributed by atoms with Gasteiger partial charge in [-0.2, -0.15) is 0 Å². The molecule has 15 heavy (non-hydrogen) atoms. The zero-order chi connectivity index (χ0) is 11.3. The Balaban J connectivity index is 3.05. The predicted molar refractivity (Wildman–Crippen MR) is 57.3 cm³/mol. The van der Waals surface area contributed by atoms with Crippen molar-refractivity contribution < 1.29 is 13.3 Å². The summed E-state index contributed by atoms with van der Waals surface area (Å²) in [6.45, 7) is 2.06. The van der Waals surface area contributed by atoms with E-state index >= 15 is 0 Å². The number of nitrogens with zero attached hydrogens (tertiary/aromatic N) is 1. The van der Waals surface area contributed by atoms with Crippen LogP contribution in [0, 0.1) is 0 Å². The second-order valence-electron chi connectivity index (χ2n) is 3.07. The van der Waals surface area contributed by atoms with Gasteiger partial charge in [0.1, 0.15) is 11.4 Å². The minimum atomic E-state index is -0.426. The first kappa shape index (κ1) is 12.0. The molecule has 0 saturated carbocycles. The third-order valence-corrected chi connectivity index (χ3v) is 2.20. The zero-order valence-electron chi connectivity index (χ0n) is 8.95. The normalized spacial score (nSPS) is 9.73. The van der Waals surface area contributed by atoms with Crippen LogP contribution in [-0.2, 0) is 10.2 Å². The average molecular weight is 222 g/mol. The van der Waals surface area contributed by atoms with Crippen LogP contribution in [0.5, 0.6) is 5.75 Å². The van der Waals surface area contributed by atoms with Crippen LogP contribution in [0.25, 0.3) is 0 Å². The third kappa shape index (κ3) is 3.22. The minimum absolute atomic E-state index is 0.299. The van der Waals surface area contributed by atoms with Crippen LogP contribution >= 0.6 is 0 Å². The molecular formula is C10H13AlNO3. The van der Waals surface area contributed by atoms with Crippen LogP contribution < -0.4 is 4.74 Å². The number of hydrogen-bond donors (Lipinski definition) is 0. The molecule has 0 aliphatic heterocycles. The quantitative estimate of drug-likeness (QED) is 0.713. The van der Waals surface area contributed by atoms with Crippen molar-refractivity contribution in [3.63, 3.8) is 0 Å². The van der Waals surface area contributed by atoms with Crippen LogP contribution in [0.3, 0.4) is 0 Å². The van der Waals surface area contributed by atoms with Gasteiger partial charge in [-0.15, -0.1) is 0 Å². The van der Waals surface area contributed by atoms with E-state index in [-0.39, 0.29) is 0 Å². The Morgan fingerprint density at radius 1 is 1.53 bits per heavy atom. The van der Waals surface area contributed by atoms with Crippen molar-refractivity contribution in [2.45, 2.75) is 19.8 Å². The number of ether oxygens (including phenoxy) is 1. The van der Waals surface area contributed by atoms with Crippen molar-refractivity contribution >= 4 is 22.6 Å². The van der Waals surface area contributed by atoms with Gasteiger partial charge in [0, 0.05) is 17.8 Å². The molecule has 0 N–H and O–H groups in total. The number of carbonyl (C=O) groups excluding carboxylic acids is 1. The molecular weight excluding hydrogens is 209 g/mol. The molecule has 0 fully saturated rings. The average Bonchev–Trinajstić information content (AvgIpc) is 2.28. The fourth-order valence-electron chi connectivity index (χ4n) is 1.24. The van der Waals surface area contributed by atoms with Crippen molar-refractivity contribution in [3.8, 4) is 5.75 Å². The Bertz CT molecular complexity index is 355. The Labute approximate surface area is 97.4 Å². The highest BCUT2D eigenvalue weighted by Crippen LogP contribution is 2.15. The van der Waals surface area contributed by atoms with Crippen LogP contribution in [0.1, 0.15) is 29.5 Å². The lowest BCUT2D eigenvalue weighted by atomic mass is 10.2. The molecule has 1 heterocycles. The summed E-state index contributed by atoms with van der Waals surface area (Å²) in [4.78, 5) is 15.5. The fourth-order valence-corrected chi connectivity index (χ4v) is 1.39. The Kier molecular flexibility index (Phi) is 4.60. The van der Waals surface area contributed by atoms with Gasteiger partial charge >= 0.3 is 22.6 Å². The largest absolute Gasteiger partial charge is 0.620 e. The SMILES string of the molecule is CCCc1cc(OC)cc(C(=O)[O][AlH])n1. The molecule has 0 saturated heterocycles. The highest BCUT2D eigenvalue weighted by atomic mass is 27.1. The molecule has 4 nitrogen and oxygen atoms in total. The van der Waals surface area contributed by atoms with Gasteiger partial charge in [0.05, 0.1) is 7.11 Å². The van der Waals surface area contributed by atoms with Gasteiger partial charge in [-0.25, -0.2) is 9.78 Å². The lowest BCUT2D eigenvalue weighted by Crippen LogP contribution is -2.07. The van der Waals surface area contributed by atoms with E-state index in [0.29, 0.717) is 11.4 Å². The van der Waals surface area contributed by atoms with E-state index in [1.807, 2.05) is 6.07 Å². The Morgan fingerprint density at radius 3 is 2.80 bits per heavy atom. The molecule has 79 valence electrons. The molecule has 1 aromatic rings. The van der Waals surface area contributed by atoms with E-state index in [9.17, 15) is 4.79 Å². The fraction of sp³-hybridized carbons (Fsp3) is 0.400. The van der Waals surface area contributed by atoms with Crippen LogP contribution in [-0.4, -0.2) is 34.7 Å². The van der Waals surface area contributed by atoms with Gasteiger partial charge < -0.3 is 8.53 Å². The van der Waals surface area contributed by atoms with E-state index in [1.165, 1.54) is 0 Å². The number of aromatic nitrogens is 1. The molecule has 0 aliphatic carbocycles. The molecule has 0 aromatic carbocycles.